The summed E-state index contributed by atoms with van der Waals surface area (Å²) in [5.74, 6) is 1.06. The number of ether oxygens (including phenoxy) is 2. The van der Waals surface area contributed by atoms with Crippen molar-refractivity contribution in [3.63, 3.8) is 0 Å². The van der Waals surface area contributed by atoms with Gasteiger partial charge in [-0.2, -0.15) is 0 Å². The second-order valence-corrected chi connectivity index (χ2v) is 6.38. The van der Waals surface area contributed by atoms with Crippen LogP contribution in [0.5, 0.6) is 11.5 Å². The number of carbonyl (C=O) groups is 1. The fourth-order valence-corrected chi connectivity index (χ4v) is 2.78. The maximum atomic E-state index is 12.3. The number of methoxy groups -OCH3 is 2. The van der Waals surface area contributed by atoms with Gasteiger partial charge in [0.25, 0.3) is 5.91 Å². The predicted octanol–water partition coefficient (Wildman–Crippen LogP) is 4.62. The van der Waals surface area contributed by atoms with Crippen molar-refractivity contribution in [3.8, 4) is 11.5 Å². The van der Waals surface area contributed by atoms with Crippen LogP contribution < -0.4 is 20.1 Å². The third-order valence-electron chi connectivity index (χ3n) is 4.02. The van der Waals surface area contributed by atoms with Gasteiger partial charge in [0, 0.05) is 17.3 Å². The lowest BCUT2D eigenvalue weighted by molar-refractivity contribution is 0.102. The normalized spacial score (nSPS) is 10.2. The van der Waals surface area contributed by atoms with Gasteiger partial charge in [-0.1, -0.05) is 23.7 Å². The van der Waals surface area contributed by atoms with Gasteiger partial charge >= 0.3 is 0 Å². The van der Waals surface area contributed by atoms with E-state index in [2.05, 4.69) is 15.6 Å². The summed E-state index contributed by atoms with van der Waals surface area (Å²) in [7, 11) is 3.21. The zero-order chi connectivity index (χ0) is 19.9. The van der Waals surface area contributed by atoms with E-state index in [1.54, 1.807) is 56.8 Å². The van der Waals surface area contributed by atoms with Crippen LogP contribution in [0.25, 0.3) is 0 Å². The average molecular weight is 398 g/mol. The van der Waals surface area contributed by atoms with Gasteiger partial charge in [0.15, 0.2) is 11.5 Å². The first-order chi connectivity index (χ1) is 13.6. The minimum Gasteiger partial charge on any atom is -0.493 e. The number of rotatable bonds is 7. The fraction of sp³-hybridized carbons (Fsp3) is 0.143. The third-order valence-corrected chi connectivity index (χ3v) is 4.26. The highest BCUT2D eigenvalue weighted by atomic mass is 35.5. The maximum Gasteiger partial charge on any atom is 0.274 e. The van der Waals surface area contributed by atoms with E-state index in [1.165, 1.54) is 0 Å². The van der Waals surface area contributed by atoms with Gasteiger partial charge < -0.3 is 20.1 Å². The summed E-state index contributed by atoms with van der Waals surface area (Å²) in [4.78, 5) is 16.5. The Labute approximate surface area is 168 Å². The smallest absolute Gasteiger partial charge is 0.274 e. The van der Waals surface area contributed by atoms with Gasteiger partial charge in [0.2, 0.25) is 0 Å². The molecule has 0 saturated carbocycles. The van der Waals surface area contributed by atoms with Gasteiger partial charge in [-0.3, -0.25) is 4.79 Å². The van der Waals surface area contributed by atoms with Crippen molar-refractivity contribution in [2.24, 2.45) is 0 Å². The second-order valence-electron chi connectivity index (χ2n) is 5.94. The van der Waals surface area contributed by atoms with Crippen LogP contribution in [0, 0.1) is 0 Å². The molecule has 1 amide bonds. The van der Waals surface area contributed by atoms with E-state index in [1.807, 2.05) is 18.2 Å². The number of benzene rings is 2. The van der Waals surface area contributed by atoms with Crippen LogP contribution in [0.3, 0.4) is 0 Å². The summed E-state index contributed by atoms with van der Waals surface area (Å²) in [6.45, 7) is 0.579. The number of hydrogen-bond donors (Lipinski definition) is 2. The lowest BCUT2D eigenvalue weighted by atomic mass is 10.2. The van der Waals surface area contributed by atoms with Crippen molar-refractivity contribution in [1.29, 1.82) is 0 Å². The molecular formula is C21H20ClN3O3. The summed E-state index contributed by atoms with van der Waals surface area (Å²) >= 11 is 5.93. The SMILES string of the molecule is COc1ccc(CNc2ccc(C(=O)Nc3cccc(Cl)c3)nc2)cc1OC. The molecule has 0 fully saturated rings. The molecule has 6 nitrogen and oxygen atoms in total. The molecule has 3 rings (SSSR count). The predicted molar refractivity (Wildman–Crippen MR) is 111 cm³/mol. The lowest BCUT2D eigenvalue weighted by Crippen LogP contribution is -2.13. The summed E-state index contributed by atoms with van der Waals surface area (Å²) in [6.07, 6.45) is 1.62. The Kier molecular flexibility index (Phi) is 6.34. The third kappa shape index (κ3) is 4.92. The van der Waals surface area contributed by atoms with E-state index in [-0.39, 0.29) is 5.91 Å². The number of pyridine rings is 1. The minimum absolute atomic E-state index is 0.297. The number of hydrogen-bond acceptors (Lipinski definition) is 5. The zero-order valence-corrected chi connectivity index (χ0v) is 16.3. The first-order valence-corrected chi connectivity index (χ1v) is 8.94. The molecule has 0 bridgehead atoms. The quantitative estimate of drug-likeness (QED) is 0.608. The highest BCUT2D eigenvalue weighted by molar-refractivity contribution is 6.30. The van der Waals surface area contributed by atoms with Crippen molar-refractivity contribution in [2.75, 3.05) is 24.9 Å². The lowest BCUT2D eigenvalue weighted by Gasteiger charge is -2.11. The molecule has 0 spiro atoms. The Balaban J connectivity index is 1.60. The van der Waals surface area contributed by atoms with Crippen LogP contribution in [0.1, 0.15) is 16.1 Å². The highest BCUT2D eigenvalue weighted by Crippen LogP contribution is 2.27. The number of anilines is 2. The Hall–Kier alpha value is -3.25. The van der Waals surface area contributed by atoms with Crippen LogP contribution in [-0.4, -0.2) is 25.1 Å². The fourth-order valence-electron chi connectivity index (χ4n) is 2.59. The topological polar surface area (TPSA) is 72.5 Å². The number of aromatic nitrogens is 1. The molecule has 0 aliphatic rings. The molecule has 1 aromatic heterocycles. The van der Waals surface area contributed by atoms with Crippen LogP contribution in [0.4, 0.5) is 11.4 Å². The van der Waals surface area contributed by atoms with Gasteiger partial charge in [-0.25, -0.2) is 4.98 Å². The standard InChI is InChI=1S/C21H20ClN3O3/c1-27-19-9-6-14(10-20(19)28-2)12-23-17-7-8-18(24-13-17)21(26)25-16-5-3-4-15(22)11-16/h3-11,13,23H,12H2,1-2H3,(H,25,26). The molecule has 7 heteroatoms. The average Bonchev–Trinajstić information content (AvgIpc) is 2.72. The molecule has 0 radical (unpaired) electrons. The molecule has 0 unspecified atom stereocenters. The molecule has 0 atom stereocenters. The van der Waals surface area contributed by atoms with Crippen LogP contribution in [-0.2, 0) is 6.54 Å². The Morgan fingerprint density at radius 2 is 1.82 bits per heavy atom. The van der Waals surface area contributed by atoms with Crippen molar-refractivity contribution in [1.82, 2.24) is 4.98 Å². The van der Waals surface area contributed by atoms with E-state index in [0.29, 0.717) is 34.4 Å². The molecule has 2 aromatic carbocycles. The van der Waals surface area contributed by atoms with Crippen molar-refractivity contribution >= 4 is 28.9 Å². The van der Waals surface area contributed by atoms with Crippen molar-refractivity contribution in [2.45, 2.75) is 6.54 Å². The molecule has 28 heavy (non-hydrogen) atoms. The minimum atomic E-state index is -0.297. The van der Waals surface area contributed by atoms with Crippen LogP contribution >= 0.6 is 11.6 Å². The van der Waals surface area contributed by atoms with Crippen LogP contribution in [0.2, 0.25) is 5.02 Å². The maximum absolute atomic E-state index is 12.3. The zero-order valence-electron chi connectivity index (χ0n) is 15.5. The molecule has 0 aliphatic heterocycles. The van der Waals surface area contributed by atoms with Crippen LogP contribution in [0.15, 0.2) is 60.8 Å². The molecule has 0 aliphatic carbocycles. The summed E-state index contributed by atoms with van der Waals surface area (Å²) < 4.78 is 10.5. The molecule has 3 aromatic rings. The number of carbonyl (C=O) groups excluding carboxylic acids is 1. The number of amides is 1. The summed E-state index contributed by atoms with van der Waals surface area (Å²) in [5, 5.41) is 6.59. The molecule has 1 heterocycles. The first kappa shape index (κ1) is 19.5. The van der Waals surface area contributed by atoms with E-state index in [4.69, 9.17) is 21.1 Å². The van der Waals surface area contributed by atoms with Gasteiger partial charge in [-0.05, 0) is 48.0 Å². The second kappa shape index (κ2) is 9.10. The first-order valence-electron chi connectivity index (χ1n) is 8.57. The molecule has 0 saturated heterocycles. The summed E-state index contributed by atoms with van der Waals surface area (Å²) in [5.41, 5.74) is 2.76. The van der Waals surface area contributed by atoms with E-state index >= 15 is 0 Å². The largest absolute Gasteiger partial charge is 0.493 e. The summed E-state index contributed by atoms with van der Waals surface area (Å²) in [6, 6.07) is 16.2. The van der Waals surface area contributed by atoms with Gasteiger partial charge in [-0.15, -0.1) is 0 Å². The van der Waals surface area contributed by atoms with Gasteiger partial charge in [0.05, 0.1) is 26.1 Å². The Bertz CT molecular complexity index is 961. The number of halogens is 1. The highest BCUT2D eigenvalue weighted by Gasteiger charge is 2.08. The van der Waals surface area contributed by atoms with E-state index in [9.17, 15) is 4.79 Å². The van der Waals surface area contributed by atoms with E-state index < -0.39 is 0 Å². The van der Waals surface area contributed by atoms with E-state index in [0.717, 1.165) is 11.3 Å². The van der Waals surface area contributed by atoms with Gasteiger partial charge in [0.1, 0.15) is 5.69 Å². The Morgan fingerprint density at radius 3 is 2.50 bits per heavy atom. The Morgan fingerprint density at radius 1 is 1.00 bits per heavy atom. The van der Waals surface area contributed by atoms with Crippen molar-refractivity contribution < 1.29 is 14.3 Å². The molecular weight excluding hydrogens is 378 g/mol. The molecule has 144 valence electrons. The van der Waals surface area contributed by atoms with Crippen molar-refractivity contribution in [3.05, 3.63) is 77.1 Å². The number of nitrogens with zero attached hydrogens (tertiary/aromatic N) is 1. The monoisotopic (exact) mass is 397 g/mol. The number of nitrogens with one attached hydrogen (secondary N) is 2. The molecule has 2 N–H and O–H groups in total.